The quantitative estimate of drug-likeness (QED) is 0.592. The van der Waals surface area contributed by atoms with Gasteiger partial charge in [-0.25, -0.2) is 4.79 Å². The van der Waals surface area contributed by atoms with Gasteiger partial charge in [0, 0.05) is 17.5 Å². The Bertz CT molecular complexity index is 1140. The van der Waals surface area contributed by atoms with Crippen LogP contribution in [0.25, 0.3) is 22.3 Å². The third kappa shape index (κ3) is 3.39. The zero-order valence-electron chi connectivity index (χ0n) is 18.8. The predicted molar refractivity (Wildman–Crippen MR) is 124 cm³/mol. The minimum absolute atomic E-state index is 0.0250. The molecule has 3 saturated heterocycles. The van der Waals surface area contributed by atoms with Gasteiger partial charge in [-0.15, -0.1) is 0 Å². The number of nitrogens with one attached hydrogen (secondary N) is 1. The van der Waals surface area contributed by atoms with Crippen LogP contribution in [0.1, 0.15) is 43.9 Å². The fraction of sp³-hybridized carbons (Fsp3) is 0.444. The van der Waals surface area contributed by atoms with Crippen molar-refractivity contribution in [1.82, 2.24) is 10.2 Å². The molecule has 1 amide bonds. The van der Waals surface area contributed by atoms with E-state index in [0.29, 0.717) is 5.92 Å². The zero-order chi connectivity index (χ0) is 21.9. The molecular weight excluding hydrogens is 400 g/mol. The molecule has 2 bridgehead atoms. The fourth-order valence-corrected chi connectivity index (χ4v) is 5.94. The SMILES string of the molecule is CC1(C)Cc2cc(-c3cc4ccccc4o3)ccc2C1NC(=O)O[C@@H]1CN2CCC1CC2. The van der Waals surface area contributed by atoms with E-state index in [4.69, 9.17) is 9.15 Å². The highest BCUT2D eigenvalue weighted by Crippen LogP contribution is 2.46. The number of carbonyl (C=O) groups is 1. The Balaban J connectivity index is 1.22. The second-order valence-electron chi connectivity index (χ2n) is 10.4. The average molecular weight is 431 g/mol. The lowest BCUT2D eigenvalue weighted by Crippen LogP contribution is -2.53. The number of amides is 1. The van der Waals surface area contributed by atoms with Crippen molar-refractivity contribution in [2.24, 2.45) is 11.3 Å². The molecule has 4 heterocycles. The second-order valence-corrected chi connectivity index (χ2v) is 10.4. The predicted octanol–water partition coefficient (Wildman–Crippen LogP) is 5.54. The van der Waals surface area contributed by atoms with Gasteiger partial charge in [0.1, 0.15) is 17.4 Å². The lowest BCUT2D eigenvalue weighted by molar-refractivity contribution is -0.0348. The Morgan fingerprint density at radius 3 is 2.69 bits per heavy atom. The van der Waals surface area contributed by atoms with Crippen LogP contribution in [-0.4, -0.2) is 36.7 Å². The summed E-state index contributed by atoms with van der Waals surface area (Å²) < 4.78 is 12.0. The van der Waals surface area contributed by atoms with Crippen LogP contribution in [0.5, 0.6) is 0 Å². The first-order valence-corrected chi connectivity index (χ1v) is 11.8. The molecule has 3 aliphatic heterocycles. The Hall–Kier alpha value is -2.79. The zero-order valence-corrected chi connectivity index (χ0v) is 18.8. The summed E-state index contributed by atoms with van der Waals surface area (Å²) in [5.41, 5.74) is 4.34. The maximum Gasteiger partial charge on any atom is 0.407 e. The van der Waals surface area contributed by atoms with Crippen LogP contribution in [0.15, 0.2) is 52.9 Å². The highest BCUT2D eigenvalue weighted by atomic mass is 16.6. The van der Waals surface area contributed by atoms with E-state index < -0.39 is 0 Å². The van der Waals surface area contributed by atoms with Gasteiger partial charge in [0.15, 0.2) is 0 Å². The first-order chi connectivity index (χ1) is 15.5. The molecule has 1 N–H and O–H groups in total. The number of fused-ring (bicyclic) bond motifs is 5. The number of carbonyl (C=O) groups excluding carboxylic acids is 1. The van der Waals surface area contributed by atoms with Crippen LogP contribution in [0.3, 0.4) is 0 Å². The van der Waals surface area contributed by atoms with E-state index in [9.17, 15) is 4.79 Å². The molecule has 1 aliphatic carbocycles. The molecule has 5 nitrogen and oxygen atoms in total. The third-order valence-corrected chi connectivity index (χ3v) is 7.71. The highest BCUT2D eigenvalue weighted by Gasteiger charge is 2.42. The summed E-state index contributed by atoms with van der Waals surface area (Å²) >= 11 is 0. The van der Waals surface area contributed by atoms with Gasteiger partial charge in [-0.2, -0.15) is 0 Å². The molecule has 32 heavy (non-hydrogen) atoms. The third-order valence-electron chi connectivity index (χ3n) is 7.71. The Morgan fingerprint density at radius 1 is 1.12 bits per heavy atom. The molecule has 166 valence electrons. The average Bonchev–Trinajstić information content (AvgIpc) is 3.32. The van der Waals surface area contributed by atoms with Gasteiger partial charge < -0.3 is 14.5 Å². The molecule has 3 fully saturated rings. The van der Waals surface area contributed by atoms with Gasteiger partial charge in [0.2, 0.25) is 0 Å². The number of alkyl carbamates (subject to hydrolysis) is 1. The van der Waals surface area contributed by atoms with E-state index in [0.717, 1.165) is 61.2 Å². The number of furan rings is 1. The number of benzene rings is 2. The fourth-order valence-electron chi connectivity index (χ4n) is 5.94. The summed E-state index contributed by atoms with van der Waals surface area (Å²) in [6.07, 6.45) is 2.93. The molecule has 4 aliphatic rings. The summed E-state index contributed by atoms with van der Waals surface area (Å²) in [6.45, 7) is 7.59. The normalized spacial score (nSPS) is 27.9. The lowest BCUT2D eigenvalue weighted by Gasteiger charge is -2.44. The molecule has 0 saturated carbocycles. The number of rotatable bonds is 3. The van der Waals surface area contributed by atoms with Crippen molar-refractivity contribution in [2.75, 3.05) is 19.6 Å². The standard InChI is InChI=1S/C27H30N2O3/c1-27(2)15-20-13-19(23-14-18-5-3-4-6-22(18)31-23)7-8-21(20)25(27)28-26(30)32-24-16-29-11-9-17(24)10-12-29/h3-8,13-14,17,24-25H,9-12,15-16H2,1-2H3,(H,28,30)/t24-,25?/m1/s1. The molecule has 7 rings (SSSR count). The van der Waals surface area contributed by atoms with Crippen molar-refractivity contribution in [1.29, 1.82) is 0 Å². The van der Waals surface area contributed by atoms with Crippen molar-refractivity contribution in [3.8, 4) is 11.3 Å². The van der Waals surface area contributed by atoms with E-state index in [2.05, 4.69) is 54.4 Å². The molecule has 0 spiro atoms. The van der Waals surface area contributed by atoms with Gasteiger partial charge in [-0.3, -0.25) is 4.90 Å². The van der Waals surface area contributed by atoms with Gasteiger partial charge in [0.25, 0.3) is 0 Å². The van der Waals surface area contributed by atoms with Crippen molar-refractivity contribution in [2.45, 2.75) is 45.3 Å². The van der Waals surface area contributed by atoms with Crippen LogP contribution in [0.2, 0.25) is 0 Å². The van der Waals surface area contributed by atoms with E-state index in [1.807, 2.05) is 18.2 Å². The van der Waals surface area contributed by atoms with E-state index in [-0.39, 0.29) is 23.7 Å². The van der Waals surface area contributed by atoms with Gasteiger partial charge in [-0.1, -0.05) is 44.2 Å². The minimum atomic E-state index is -0.281. The largest absolute Gasteiger partial charge is 0.456 e. The summed E-state index contributed by atoms with van der Waals surface area (Å²) in [4.78, 5) is 15.3. The smallest absolute Gasteiger partial charge is 0.407 e. The number of hydrogen-bond donors (Lipinski definition) is 1. The maximum absolute atomic E-state index is 12.9. The highest BCUT2D eigenvalue weighted by molar-refractivity contribution is 5.83. The molecular formula is C27H30N2O3. The number of para-hydroxylation sites is 1. The van der Waals surface area contributed by atoms with E-state index in [1.54, 1.807) is 0 Å². The molecule has 2 aromatic carbocycles. The summed E-state index contributed by atoms with van der Waals surface area (Å²) in [7, 11) is 0. The van der Waals surface area contributed by atoms with E-state index >= 15 is 0 Å². The van der Waals surface area contributed by atoms with Gasteiger partial charge >= 0.3 is 6.09 Å². The van der Waals surface area contributed by atoms with Gasteiger partial charge in [-0.05, 0) is 73.0 Å². The molecule has 2 atom stereocenters. The van der Waals surface area contributed by atoms with Crippen molar-refractivity contribution >= 4 is 17.1 Å². The molecule has 0 radical (unpaired) electrons. The molecule has 5 heteroatoms. The monoisotopic (exact) mass is 430 g/mol. The number of hydrogen-bond acceptors (Lipinski definition) is 4. The minimum Gasteiger partial charge on any atom is -0.456 e. The van der Waals surface area contributed by atoms with Crippen LogP contribution < -0.4 is 5.32 Å². The first-order valence-electron chi connectivity index (χ1n) is 11.8. The Morgan fingerprint density at radius 2 is 1.94 bits per heavy atom. The molecule has 1 aromatic heterocycles. The van der Waals surface area contributed by atoms with Gasteiger partial charge in [0.05, 0.1) is 6.04 Å². The topological polar surface area (TPSA) is 54.7 Å². The van der Waals surface area contributed by atoms with E-state index in [1.165, 1.54) is 11.1 Å². The maximum atomic E-state index is 12.9. The lowest BCUT2D eigenvalue weighted by atomic mass is 9.85. The van der Waals surface area contributed by atoms with Crippen LogP contribution >= 0.6 is 0 Å². The number of nitrogens with zero attached hydrogens (tertiary/aromatic N) is 1. The Labute approximate surface area is 188 Å². The Kier molecular flexibility index (Phi) is 4.58. The number of piperidine rings is 3. The first kappa shape index (κ1) is 19.9. The molecule has 3 aromatic rings. The molecule has 1 unspecified atom stereocenters. The second kappa shape index (κ2) is 7.38. The van der Waals surface area contributed by atoms with Crippen molar-refractivity contribution in [3.63, 3.8) is 0 Å². The van der Waals surface area contributed by atoms with Crippen molar-refractivity contribution < 1.29 is 13.9 Å². The van der Waals surface area contributed by atoms with Crippen molar-refractivity contribution in [3.05, 3.63) is 59.7 Å². The summed E-state index contributed by atoms with van der Waals surface area (Å²) in [6, 6.07) is 16.6. The van der Waals surface area contributed by atoms with Crippen LogP contribution in [0.4, 0.5) is 4.79 Å². The number of ether oxygens (including phenoxy) is 1. The summed E-state index contributed by atoms with van der Waals surface area (Å²) in [5.74, 6) is 1.39. The van der Waals surface area contributed by atoms with Crippen LogP contribution in [-0.2, 0) is 11.2 Å². The van der Waals surface area contributed by atoms with Crippen LogP contribution in [0, 0.1) is 11.3 Å². The summed E-state index contributed by atoms with van der Waals surface area (Å²) in [5, 5.41) is 4.32.